The number of likely N-dealkylation sites (tertiary alicyclic amines) is 1. The largest absolute Gasteiger partial charge is 0.445 e. The lowest BCUT2D eigenvalue weighted by atomic mass is 10.1. The standard InChI is InChI=1S/C13H17NO4S/c15-13(18-10-11-4-2-1-3-5-11)14-8-6-12(7-9-14)19(16)17/h1-5,12,19H,6-10H2. The third kappa shape index (κ3) is 3.96. The molecule has 6 heteroatoms. The second-order valence-electron chi connectivity index (χ2n) is 4.54. The van der Waals surface area contributed by atoms with Crippen LogP contribution in [0.3, 0.4) is 0 Å². The number of thiol groups is 1. The van der Waals surface area contributed by atoms with E-state index >= 15 is 0 Å². The molecule has 1 fully saturated rings. The van der Waals surface area contributed by atoms with Crippen molar-refractivity contribution in [3.05, 3.63) is 35.9 Å². The van der Waals surface area contributed by atoms with Gasteiger partial charge in [-0.2, -0.15) is 0 Å². The molecule has 1 aromatic rings. The number of rotatable bonds is 3. The van der Waals surface area contributed by atoms with Crippen molar-refractivity contribution in [3.8, 4) is 0 Å². The molecule has 1 heterocycles. The summed E-state index contributed by atoms with van der Waals surface area (Å²) in [5, 5.41) is -0.298. The molecule has 0 unspecified atom stereocenters. The molecule has 0 aliphatic carbocycles. The third-order valence-electron chi connectivity index (χ3n) is 3.23. The smallest absolute Gasteiger partial charge is 0.410 e. The Labute approximate surface area is 114 Å². The summed E-state index contributed by atoms with van der Waals surface area (Å²) < 4.78 is 26.9. The zero-order valence-corrected chi connectivity index (χ0v) is 11.4. The predicted octanol–water partition coefficient (Wildman–Crippen LogP) is 1.40. The van der Waals surface area contributed by atoms with E-state index in [-0.39, 0.29) is 18.0 Å². The molecule has 0 bridgehead atoms. The number of amides is 1. The van der Waals surface area contributed by atoms with Crippen LogP contribution in [-0.2, 0) is 22.0 Å². The van der Waals surface area contributed by atoms with Gasteiger partial charge in [-0.15, -0.1) is 0 Å². The Bertz CT molecular complexity index is 485. The number of carbonyl (C=O) groups is 1. The lowest BCUT2D eigenvalue weighted by Gasteiger charge is -2.28. The Kier molecular flexibility index (Phi) is 4.79. The summed E-state index contributed by atoms with van der Waals surface area (Å²) in [4.78, 5) is 13.4. The summed E-state index contributed by atoms with van der Waals surface area (Å²) in [7, 11) is -2.38. The van der Waals surface area contributed by atoms with Crippen LogP contribution in [0.2, 0.25) is 0 Å². The third-order valence-corrected chi connectivity index (χ3v) is 4.34. The van der Waals surface area contributed by atoms with Crippen LogP contribution in [0, 0.1) is 0 Å². The van der Waals surface area contributed by atoms with E-state index in [1.807, 2.05) is 30.3 Å². The van der Waals surface area contributed by atoms with Gasteiger partial charge in [-0.3, -0.25) is 0 Å². The molecular weight excluding hydrogens is 266 g/mol. The molecule has 2 rings (SSSR count). The monoisotopic (exact) mass is 283 g/mol. The first-order chi connectivity index (χ1) is 9.16. The number of benzene rings is 1. The summed E-state index contributed by atoms with van der Waals surface area (Å²) in [6.07, 6.45) is 0.626. The summed E-state index contributed by atoms with van der Waals surface area (Å²) in [6.45, 7) is 1.14. The molecule has 0 saturated carbocycles. The highest BCUT2D eigenvalue weighted by molar-refractivity contribution is 7.73. The van der Waals surface area contributed by atoms with Gasteiger partial charge >= 0.3 is 6.09 Å². The summed E-state index contributed by atoms with van der Waals surface area (Å²) >= 11 is 0. The van der Waals surface area contributed by atoms with Gasteiger partial charge in [0.2, 0.25) is 0 Å². The van der Waals surface area contributed by atoms with Crippen LogP contribution in [0.4, 0.5) is 4.79 Å². The second-order valence-corrected chi connectivity index (χ2v) is 5.84. The lowest BCUT2D eigenvalue weighted by Crippen LogP contribution is -2.40. The lowest BCUT2D eigenvalue weighted by molar-refractivity contribution is 0.0898. The Morgan fingerprint density at radius 1 is 1.21 bits per heavy atom. The molecule has 1 aliphatic heterocycles. The molecule has 104 valence electrons. The minimum Gasteiger partial charge on any atom is -0.445 e. The van der Waals surface area contributed by atoms with Crippen molar-refractivity contribution in [3.63, 3.8) is 0 Å². The maximum absolute atomic E-state index is 11.8. The summed E-state index contributed by atoms with van der Waals surface area (Å²) in [5.41, 5.74) is 0.938. The van der Waals surface area contributed by atoms with Gasteiger partial charge in [0, 0.05) is 13.1 Å². The van der Waals surface area contributed by atoms with Crippen LogP contribution in [0.15, 0.2) is 30.3 Å². The highest BCUT2D eigenvalue weighted by Crippen LogP contribution is 2.14. The molecule has 0 aromatic heterocycles. The van der Waals surface area contributed by atoms with Gasteiger partial charge in [0.1, 0.15) is 17.3 Å². The van der Waals surface area contributed by atoms with E-state index in [4.69, 9.17) is 4.74 Å². The molecule has 0 N–H and O–H groups in total. The molecule has 1 amide bonds. The molecule has 0 spiro atoms. The Morgan fingerprint density at radius 3 is 2.42 bits per heavy atom. The quantitative estimate of drug-likeness (QED) is 0.852. The molecular formula is C13H17NO4S. The van der Waals surface area contributed by atoms with Crippen molar-refractivity contribution in [2.24, 2.45) is 0 Å². The van der Waals surface area contributed by atoms with Crippen molar-refractivity contribution in [1.29, 1.82) is 0 Å². The average molecular weight is 283 g/mol. The zero-order chi connectivity index (χ0) is 13.7. The van der Waals surface area contributed by atoms with E-state index in [1.54, 1.807) is 4.90 Å². The van der Waals surface area contributed by atoms with Gasteiger partial charge < -0.3 is 9.64 Å². The van der Waals surface area contributed by atoms with Crippen molar-refractivity contribution in [2.45, 2.75) is 24.7 Å². The molecule has 1 saturated heterocycles. The number of ether oxygens (including phenoxy) is 1. The van der Waals surface area contributed by atoms with E-state index in [9.17, 15) is 13.2 Å². The molecule has 1 aliphatic rings. The van der Waals surface area contributed by atoms with Crippen molar-refractivity contribution >= 4 is 16.8 Å². The van der Waals surface area contributed by atoms with Crippen LogP contribution in [0.1, 0.15) is 18.4 Å². The minimum absolute atomic E-state index is 0.245. The fraction of sp³-hybridized carbons (Fsp3) is 0.462. The van der Waals surface area contributed by atoms with E-state index in [0.717, 1.165) is 5.56 Å². The minimum atomic E-state index is -2.38. The van der Waals surface area contributed by atoms with Gasteiger partial charge in [-0.1, -0.05) is 30.3 Å². The van der Waals surface area contributed by atoms with E-state index in [2.05, 4.69) is 0 Å². The van der Waals surface area contributed by atoms with Gasteiger partial charge in [-0.05, 0) is 18.4 Å². The van der Waals surface area contributed by atoms with Gasteiger partial charge in [0.25, 0.3) is 0 Å². The molecule has 1 aromatic carbocycles. The first-order valence-electron chi connectivity index (χ1n) is 6.26. The highest BCUT2D eigenvalue weighted by Gasteiger charge is 2.25. The van der Waals surface area contributed by atoms with Gasteiger partial charge in [-0.25, -0.2) is 13.2 Å². The number of hydrogen-bond donors (Lipinski definition) is 1. The highest BCUT2D eigenvalue weighted by atomic mass is 32.2. The normalized spacial score (nSPS) is 16.6. The topological polar surface area (TPSA) is 63.7 Å². The van der Waals surface area contributed by atoms with Gasteiger partial charge in [0.15, 0.2) is 0 Å². The summed E-state index contributed by atoms with van der Waals surface area (Å²) in [5.74, 6) is 0. The van der Waals surface area contributed by atoms with Crippen molar-refractivity contribution in [2.75, 3.05) is 13.1 Å². The second kappa shape index (κ2) is 6.56. The van der Waals surface area contributed by atoms with Crippen LogP contribution in [-0.4, -0.2) is 37.8 Å². The maximum atomic E-state index is 11.8. The molecule has 0 atom stereocenters. The van der Waals surface area contributed by atoms with Crippen LogP contribution >= 0.6 is 0 Å². The van der Waals surface area contributed by atoms with E-state index < -0.39 is 10.7 Å². The Balaban J connectivity index is 1.79. The number of nitrogens with zero attached hydrogens (tertiary/aromatic N) is 1. The fourth-order valence-electron chi connectivity index (χ4n) is 2.07. The van der Waals surface area contributed by atoms with Crippen molar-refractivity contribution in [1.82, 2.24) is 4.90 Å². The first-order valence-corrected chi connectivity index (χ1v) is 7.50. The van der Waals surface area contributed by atoms with Crippen LogP contribution in [0.5, 0.6) is 0 Å². The predicted molar refractivity (Wildman–Crippen MR) is 71.5 cm³/mol. The number of piperidine rings is 1. The molecule has 19 heavy (non-hydrogen) atoms. The Hall–Kier alpha value is -1.56. The number of carbonyl (C=O) groups excluding carboxylic acids is 1. The zero-order valence-electron chi connectivity index (χ0n) is 10.5. The fourth-order valence-corrected chi connectivity index (χ4v) is 2.72. The average Bonchev–Trinajstić information content (AvgIpc) is 2.46. The SMILES string of the molecule is O=C(OCc1ccccc1)N1CCC([SH](=O)=O)CC1. The molecule has 0 radical (unpaired) electrons. The Morgan fingerprint density at radius 2 is 1.84 bits per heavy atom. The molecule has 5 nitrogen and oxygen atoms in total. The van der Waals surface area contributed by atoms with E-state index in [1.165, 1.54) is 0 Å². The maximum Gasteiger partial charge on any atom is 0.410 e. The summed E-state index contributed by atoms with van der Waals surface area (Å²) in [6, 6.07) is 9.46. The number of hydrogen-bond acceptors (Lipinski definition) is 4. The van der Waals surface area contributed by atoms with Gasteiger partial charge in [0.05, 0.1) is 5.25 Å². The van der Waals surface area contributed by atoms with Crippen LogP contribution in [0.25, 0.3) is 0 Å². The van der Waals surface area contributed by atoms with E-state index in [0.29, 0.717) is 25.9 Å². The van der Waals surface area contributed by atoms with Crippen LogP contribution < -0.4 is 0 Å². The van der Waals surface area contributed by atoms with Crippen molar-refractivity contribution < 1.29 is 17.9 Å². The first kappa shape index (κ1) is 13.9.